The van der Waals surface area contributed by atoms with Gasteiger partial charge in [-0.3, -0.25) is 4.79 Å². The molecular formula is C14H19BrClFN2O. The maximum absolute atomic E-state index is 13.1. The Labute approximate surface area is 133 Å². The van der Waals surface area contributed by atoms with E-state index in [-0.39, 0.29) is 36.1 Å². The Morgan fingerprint density at radius 1 is 1.45 bits per heavy atom. The van der Waals surface area contributed by atoms with Crippen LogP contribution in [0.5, 0.6) is 0 Å². The Balaban J connectivity index is 0.00000200. The highest BCUT2D eigenvalue weighted by Gasteiger charge is 2.27. The average molecular weight is 366 g/mol. The van der Waals surface area contributed by atoms with Crippen LogP contribution in [0.25, 0.3) is 0 Å². The Morgan fingerprint density at radius 2 is 2.20 bits per heavy atom. The van der Waals surface area contributed by atoms with Crippen molar-refractivity contribution < 1.29 is 9.18 Å². The summed E-state index contributed by atoms with van der Waals surface area (Å²) in [5.74, 6) is -0.114. The van der Waals surface area contributed by atoms with Gasteiger partial charge in [-0.1, -0.05) is 6.07 Å². The minimum Gasteiger partial charge on any atom is -0.356 e. The number of nitrogens with one attached hydrogen (secondary N) is 1. The lowest BCUT2D eigenvalue weighted by molar-refractivity contribution is -0.124. The molecule has 2 rings (SSSR count). The third kappa shape index (κ3) is 4.72. The molecule has 1 aromatic carbocycles. The molecule has 112 valence electrons. The number of benzene rings is 1. The van der Waals surface area contributed by atoms with Crippen LogP contribution in [0.15, 0.2) is 22.7 Å². The third-order valence-electron chi connectivity index (χ3n) is 3.54. The molecule has 0 bridgehead atoms. The molecule has 1 amide bonds. The van der Waals surface area contributed by atoms with Crippen LogP contribution in [0.3, 0.4) is 0 Å². The fraction of sp³-hybridized carbons (Fsp3) is 0.500. The van der Waals surface area contributed by atoms with Crippen LogP contribution in [-0.2, 0) is 11.2 Å². The van der Waals surface area contributed by atoms with Gasteiger partial charge in [-0.05, 0) is 59.3 Å². The summed E-state index contributed by atoms with van der Waals surface area (Å²) in [6, 6.07) is 5.07. The SMILES string of the molecule is Cl.NC1CCC(C(=O)NCCc2ccc(F)c(Br)c2)C1. The summed E-state index contributed by atoms with van der Waals surface area (Å²) in [6.45, 7) is 0.572. The van der Waals surface area contributed by atoms with Crippen molar-refractivity contribution in [3.63, 3.8) is 0 Å². The zero-order valence-corrected chi connectivity index (χ0v) is 13.5. The van der Waals surface area contributed by atoms with Crippen molar-refractivity contribution in [1.82, 2.24) is 5.32 Å². The van der Waals surface area contributed by atoms with E-state index in [1.165, 1.54) is 6.07 Å². The second-order valence-electron chi connectivity index (χ2n) is 5.06. The average Bonchev–Trinajstić information content (AvgIpc) is 2.80. The molecule has 20 heavy (non-hydrogen) atoms. The van der Waals surface area contributed by atoms with Crippen molar-refractivity contribution in [1.29, 1.82) is 0 Å². The van der Waals surface area contributed by atoms with Gasteiger partial charge in [0.1, 0.15) is 5.82 Å². The molecule has 0 heterocycles. The first-order valence-electron chi connectivity index (χ1n) is 6.53. The van der Waals surface area contributed by atoms with Crippen LogP contribution in [0.4, 0.5) is 4.39 Å². The molecule has 6 heteroatoms. The Kier molecular flexibility index (Phi) is 6.92. The predicted molar refractivity (Wildman–Crippen MR) is 83.4 cm³/mol. The number of hydrogen-bond acceptors (Lipinski definition) is 2. The lowest BCUT2D eigenvalue weighted by Gasteiger charge is -2.10. The van der Waals surface area contributed by atoms with Gasteiger partial charge in [-0.2, -0.15) is 0 Å². The van der Waals surface area contributed by atoms with E-state index in [1.807, 2.05) is 0 Å². The molecule has 0 aromatic heterocycles. The van der Waals surface area contributed by atoms with E-state index in [9.17, 15) is 9.18 Å². The summed E-state index contributed by atoms with van der Waals surface area (Å²) >= 11 is 3.15. The lowest BCUT2D eigenvalue weighted by Crippen LogP contribution is -2.31. The quantitative estimate of drug-likeness (QED) is 0.862. The molecule has 1 aliphatic rings. The maximum atomic E-state index is 13.1. The van der Waals surface area contributed by atoms with Crippen LogP contribution in [0.1, 0.15) is 24.8 Å². The fourth-order valence-electron chi connectivity index (χ4n) is 2.42. The molecule has 1 saturated carbocycles. The highest BCUT2D eigenvalue weighted by molar-refractivity contribution is 9.10. The molecule has 0 aliphatic heterocycles. The Morgan fingerprint density at radius 3 is 2.80 bits per heavy atom. The van der Waals surface area contributed by atoms with Gasteiger partial charge in [0.15, 0.2) is 0 Å². The number of hydrogen-bond donors (Lipinski definition) is 2. The summed E-state index contributed by atoms with van der Waals surface area (Å²) in [4.78, 5) is 11.9. The summed E-state index contributed by atoms with van der Waals surface area (Å²) in [6.07, 6.45) is 3.30. The van der Waals surface area contributed by atoms with Crippen LogP contribution >= 0.6 is 28.3 Å². The van der Waals surface area contributed by atoms with Gasteiger partial charge in [-0.25, -0.2) is 4.39 Å². The second-order valence-corrected chi connectivity index (χ2v) is 5.91. The van der Waals surface area contributed by atoms with E-state index in [2.05, 4.69) is 21.2 Å². The summed E-state index contributed by atoms with van der Waals surface area (Å²) in [5, 5.41) is 2.92. The number of rotatable bonds is 4. The van der Waals surface area contributed by atoms with Gasteiger partial charge in [-0.15, -0.1) is 12.4 Å². The highest BCUT2D eigenvalue weighted by atomic mass is 79.9. The summed E-state index contributed by atoms with van der Waals surface area (Å²) < 4.78 is 13.5. The smallest absolute Gasteiger partial charge is 0.223 e. The molecule has 0 saturated heterocycles. The molecule has 0 spiro atoms. The minimum atomic E-state index is -0.271. The standard InChI is InChI=1S/C14H18BrFN2O.ClH/c15-12-7-9(1-4-13(12)16)5-6-18-14(19)10-2-3-11(17)8-10;/h1,4,7,10-11H,2-3,5-6,8,17H2,(H,18,19);1H. The predicted octanol–water partition coefficient (Wildman–Crippen LogP) is 2.80. The highest BCUT2D eigenvalue weighted by Crippen LogP contribution is 2.24. The van der Waals surface area contributed by atoms with Crippen molar-refractivity contribution in [2.24, 2.45) is 11.7 Å². The number of carbonyl (C=O) groups excluding carboxylic acids is 1. The molecule has 3 N–H and O–H groups in total. The van der Waals surface area contributed by atoms with Crippen molar-refractivity contribution in [2.75, 3.05) is 6.54 Å². The maximum Gasteiger partial charge on any atom is 0.223 e. The van der Waals surface area contributed by atoms with Gasteiger partial charge in [0.25, 0.3) is 0 Å². The van der Waals surface area contributed by atoms with E-state index in [1.54, 1.807) is 12.1 Å². The first-order chi connectivity index (χ1) is 9.06. The number of halogens is 3. The van der Waals surface area contributed by atoms with E-state index in [0.717, 1.165) is 24.8 Å². The van der Waals surface area contributed by atoms with Crippen molar-refractivity contribution >= 4 is 34.2 Å². The molecule has 0 radical (unpaired) electrons. The van der Waals surface area contributed by atoms with Gasteiger partial charge < -0.3 is 11.1 Å². The second kappa shape index (κ2) is 7.96. The molecular weight excluding hydrogens is 347 g/mol. The van der Waals surface area contributed by atoms with Crippen LogP contribution in [0.2, 0.25) is 0 Å². The summed E-state index contributed by atoms with van der Waals surface area (Å²) in [7, 11) is 0. The molecule has 1 aromatic rings. The van der Waals surface area contributed by atoms with E-state index in [4.69, 9.17) is 5.73 Å². The monoisotopic (exact) mass is 364 g/mol. The van der Waals surface area contributed by atoms with E-state index < -0.39 is 0 Å². The first kappa shape index (κ1) is 17.4. The Bertz CT molecular complexity index is 472. The third-order valence-corrected chi connectivity index (χ3v) is 4.15. The largest absolute Gasteiger partial charge is 0.356 e. The fourth-order valence-corrected chi connectivity index (χ4v) is 2.85. The van der Waals surface area contributed by atoms with Crippen molar-refractivity contribution in [3.8, 4) is 0 Å². The van der Waals surface area contributed by atoms with Crippen LogP contribution < -0.4 is 11.1 Å². The molecule has 3 nitrogen and oxygen atoms in total. The number of amides is 1. The zero-order valence-electron chi connectivity index (χ0n) is 11.1. The van der Waals surface area contributed by atoms with Gasteiger partial charge in [0.05, 0.1) is 4.47 Å². The van der Waals surface area contributed by atoms with Gasteiger partial charge >= 0.3 is 0 Å². The zero-order chi connectivity index (χ0) is 13.8. The molecule has 2 unspecified atom stereocenters. The number of carbonyl (C=O) groups is 1. The van der Waals surface area contributed by atoms with Crippen molar-refractivity contribution in [2.45, 2.75) is 31.7 Å². The lowest BCUT2D eigenvalue weighted by atomic mass is 10.1. The van der Waals surface area contributed by atoms with Gasteiger partial charge in [0.2, 0.25) is 5.91 Å². The van der Waals surface area contributed by atoms with Gasteiger partial charge in [0, 0.05) is 18.5 Å². The number of nitrogens with two attached hydrogens (primary N) is 1. The molecule has 1 aliphatic carbocycles. The first-order valence-corrected chi connectivity index (χ1v) is 7.33. The van der Waals surface area contributed by atoms with E-state index >= 15 is 0 Å². The van der Waals surface area contributed by atoms with Crippen LogP contribution in [-0.4, -0.2) is 18.5 Å². The minimum absolute atomic E-state index is 0. The van der Waals surface area contributed by atoms with Crippen LogP contribution in [0, 0.1) is 11.7 Å². The normalized spacial score (nSPS) is 21.4. The molecule has 2 atom stereocenters. The topological polar surface area (TPSA) is 55.1 Å². The van der Waals surface area contributed by atoms with E-state index in [0.29, 0.717) is 17.4 Å². The molecule has 1 fully saturated rings. The Hall–Kier alpha value is -0.650. The summed E-state index contributed by atoms with van der Waals surface area (Å²) in [5.41, 5.74) is 6.79. The van der Waals surface area contributed by atoms with Crippen molar-refractivity contribution in [3.05, 3.63) is 34.1 Å².